The first kappa shape index (κ1) is 11.6. The first-order chi connectivity index (χ1) is 5.48. The second kappa shape index (κ2) is 5.27. The molecule has 0 bridgehead atoms. The summed E-state index contributed by atoms with van der Waals surface area (Å²) in [6, 6.07) is 0. The van der Waals surface area contributed by atoms with Crippen molar-refractivity contribution in [1.82, 2.24) is 4.72 Å². The second-order valence-corrected chi connectivity index (χ2v) is 4.62. The van der Waals surface area contributed by atoms with Crippen molar-refractivity contribution in [2.75, 3.05) is 12.3 Å². The maximum absolute atomic E-state index is 11.0. The lowest BCUT2D eigenvalue weighted by atomic mass is 10.4. The van der Waals surface area contributed by atoms with Crippen LogP contribution in [-0.2, 0) is 14.8 Å². The van der Waals surface area contributed by atoms with E-state index >= 15 is 0 Å². The average Bonchev–Trinajstić information content (AvgIpc) is 1.98. The van der Waals surface area contributed by atoms with Gasteiger partial charge in [-0.2, -0.15) is 0 Å². The fourth-order valence-corrected chi connectivity index (χ4v) is 1.85. The molecule has 0 atom stereocenters. The monoisotopic (exact) mass is 193 g/mol. The van der Waals surface area contributed by atoms with Crippen molar-refractivity contribution in [1.29, 1.82) is 0 Å². The molecule has 4 nitrogen and oxygen atoms in total. The highest BCUT2D eigenvalue weighted by Gasteiger charge is 2.08. The van der Waals surface area contributed by atoms with E-state index in [9.17, 15) is 13.2 Å². The molecule has 72 valence electrons. The third-order valence-corrected chi connectivity index (χ3v) is 2.72. The molecule has 0 radical (unpaired) electrons. The Bertz CT molecular complexity index is 233. The predicted octanol–water partition coefficient (Wildman–Crippen LogP) is 0.295. The molecular formula is C7H15NO3S. The van der Waals surface area contributed by atoms with Crippen LogP contribution in [-0.4, -0.2) is 26.5 Å². The molecule has 12 heavy (non-hydrogen) atoms. The summed E-state index contributed by atoms with van der Waals surface area (Å²) in [5, 5.41) is 0. The highest BCUT2D eigenvalue weighted by atomic mass is 32.2. The minimum atomic E-state index is -3.21. The van der Waals surface area contributed by atoms with Crippen LogP contribution in [0.3, 0.4) is 0 Å². The zero-order chi connectivity index (χ0) is 9.61. The standard InChI is InChI=1S/C7H15NO3S/c1-3-4-5-12(10,11)8-6-7(2)9/h8H,3-6H2,1-2H3. The molecule has 0 heterocycles. The highest BCUT2D eigenvalue weighted by molar-refractivity contribution is 7.89. The third-order valence-electron chi connectivity index (χ3n) is 1.31. The van der Waals surface area contributed by atoms with Gasteiger partial charge in [0, 0.05) is 0 Å². The van der Waals surface area contributed by atoms with Gasteiger partial charge < -0.3 is 0 Å². The average molecular weight is 193 g/mol. The molecule has 0 spiro atoms. The van der Waals surface area contributed by atoms with Gasteiger partial charge in [0.25, 0.3) is 0 Å². The van der Waals surface area contributed by atoms with Crippen LogP contribution < -0.4 is 4.72 Å². The lowest BCUT2D eigenvalue weighted by Crippen LogP contribution is -2.30. The number of hydrogen-bond acceptors (Lipinski definition) is 3. The maximum atomic E-state index is 11.0. The van der Waals surface area contributed by atoms with Gasteiger partial charge in [0.2, 0.25) is 10.0 Å². The van der Waals surface area contributed by atoms with Crippen LogP contribution in [0.15, 0.2) is 0 Å². The van der Waals surface area contributed by atoms with E-state index in [0.717, 1.165) is 6.42 Å². The fraction of sp³-hybridized carbons (Fsp3) is 0.857. The lowest BCUT2D eigenvalue weighted by molar-refractivity contribution is -0.115. The van der Waals surface area contributed by atoms with Gasteiger partial charge in [-0.1, -0.05) is 13.3 Å². The zero-order valence-electron chi connectivity index (χ0n) is 7.46. The number of hydrogen-bond donors (Lipinski definition) is 1. The van der Waals surface area contributed by atoms with Crippen LogP contribution in [0.4, 0.5) is 0 Å². The largest absolute Gasteiger partial charge is 0.299 e. The van der Waals surface area contributed by atoms with Crippen LogP contribution >= 0.6 is 0 Å². The third kappa shape index (κ3) is 6.30. The van der Waals surface area contributed by atoms with E-state index in [4.69, 9.17) is 0 Å². The van der Waals surface area contributed by atoms with Crippen LogP contribution in [0.2, 0.25) is 0 Å². The molecule has 0 aromatic heterocycles. The number of carbonyl (C=O) groups excluding carboxylic acids is 1. The van der Waals surface area contributed by atoms with E-state index in [1.807, 2.05) is 6.92 Å². The molecule has 0 saturated heterocycles. The Labute approximate surface area is 73.4 Å². The van der Waals surface area contributed by atoms with Crippen molar-refractivity contribution in [3.63, 3.8) is 0 Å². The molecule has 5 heteroatoms. The van der Waals surface area contributed by atoms with Gasteiger partial charge in [0.1, 0.15) is 5.78 Å². The van der Waals surface area contributed by atoms with Crippen LogP contribution in [0.1, 0.15) is 26.7 Å². The van der Waals surface area contributed by atoms with Crippen molar-refractivity contribution in [2.24, 2.45) is 0 Å². The van der Waals surface area contributed by atoms with E-state index < -0.39 is 10.0 Å². The smallest absolute Gasteiger partial charge is 0.211 e. The summed E-state index contributed by atoms with van der Waals surface area (Å²) in [4.78, 5) is 10.4. The molecule has 0 fully saturated rings. The minimum Gasteiger partial charge on any atom is -0.299 e. The Morgan fingerprint density at radius 2 is 2.00 bits per heavy atom. The second-order valence-electron chi connectivity index (χ2n) is 2.70. The van der Waals surface area contributed by atoms with Gasteiger partial charge >= 0.3 is 0 Å². The first-order valence-corrected chi connectivity index (χ1v) is 5.60. The molecule has 0 unspecified atom stereocenters. The van der Waals surface area contributed by atoms with Gasteiger partial charge in [-0.05, 0) is 13.3 Å². The Hall–Kier alpha value is -0.420. The topological polar surface area (TPSA) is 63.2 Å². The zero-order valence-corrected chi connectivity index (χ0v) is 8.28. The van der Waals surface area contributed by atoms with Gasteiger partial charge in [-0.3, -0.25) is 4.79 Å². The predicted molar refractivity (Wildman–Crippen MR) is 47.4 cm³/mol. The Morgan fingerprint density at radius 3 is 2.42 bits per heavy atom. The van der Waals surface area contributed by atoms with E-state index in [-0.39, 0.29) is 18.1 Å². The summed E-state index contributed by atoms with van der Waals surface area (Å²) in [6.45, 7) is 3.18. The van der Waals surface area contributed by atoms with Crippen molar-refractivity contribution < 1.29 is 13.2 Å². The molecule has 0 amide bonds. The molecule has 0 rings (SSSR count). The van der Waals surface area contributed by atoms with Crippen molar-refractivity contribution >= 4 is 15.8 Å². The molecule has 0 aromatic rings. The number of carbonyl (C=O) groups is 1. The Balaban J connectivity index is 3.80. The summed E-state index contributed by atoms with van der Waals surface area (Å²) in [7, 11) is -3.21. The number of unbranched alkanes of at least 4 members (excludes halogenated alkanes) is 1. The summed E-state index contributed by atoms with van der Waals surface area (Å²) in [5.74, 6) is -0.0633. The van der Waals surface area contributed by atoms with Crippen molar-refractivity contribution in [3.05, 3.63) is 0 Å². The summed E-state index contributed by atoms with van der Waals surface area (Å²) >= 11 is 0. The summed E-state index contributed by atoms with van der Waals surface area (Å²) in [5.41, 5.74) is 0. The van der Waals surface area contributed by atoms with Crippen LogP contribution in [0, 0.1) is 0 Å². The summed E-state index contributed by atoms with van der Waals surface area (Å²) < 4.78 is 24.3. The Morgan fingerprint density at radius 1 is 1.42 bits per heavy atom. The first-order valence-electron chi connectivity index (χ1n) is 3.94. The van der Waals surface area contributed by atoms with E-state index in [2.05, 4.69) is 4.72 Å². The minimum absolute atomic E-state index is 0.0912. The van der Waals surface area contributed by atoms with Crippen molar-refractivity contribution in [2.45, 2.75) is 26.7 Å². The SMILES string of the molecule is CCCCS(=O)(=O)NCC(C)=O. The number of sulfonamides is 1. The molecule has 1 N–H and O–H groups in total. The summed E-state index contributed by atoms with van der Waals surface area (Å²) in [6.07, 6.45) is 1.47. The van der Waals surface area contributed by atoms with Crippen LogP contribution in [0.25, 0.3) is 0 Å². The van der Waals surface area contributed by atoms with E-state index in [1.54, 1.807) is 0 Å². The number of nitrogens with one attached hydrogen (secondary N) is 1. The lowest BCUT2D eigenvalue weighted by Gasteiger charge is -2.02. The van der Waals surface area contributed by atoms with Gasteiger partial charge in [-0.15, -0.1) is 0 Å². The van der Waals surface area contributed by atoms with Crippen molar-refractivity contribution in [3.8, 4) is 0 Å². The van der Waals surface area contributed by atoms with Gasteiger partial charge in [0.15, 0.2) is 0 Å². The van der Waals surface area contributed by atoms with E-state index in [1.165, 1.54) is 6.92 Å². The number of rotatable bonds is 6. The molecule has 0 aliphatic rings. The molecular weight excluding hydrogens is 178 g/mol. The molecule has 0 aromatic carbocycles. The number of Topliss-reactive ketones (excluding diaryl/α,β-unsaturated/α-hetero) is 1. The van der Waals surface area contributed by atoms with E-state index in [0.29, 0.717) is 6.42 Å². The Kier molecular flexibility index (Phi) is 5.08. The molecule has 0 aliphatic heterocycles. The highest BCUT2D eigenvalue weighted by Crippen LogP contribution is 1.92. The fourth-order valence-electron chi connectivity index (χ4n) is 0.618. The number of ketones is 1. The van der Waals surface area contributed by atoms with Gasteiger partial charge in [-0.25, -0.2) is 13.1 Å². The normalized spacial score (nSPS) is 11.5. The maximum Gasteiger partial charge on any atom is 0.211 e. The molecule has 0 saturated carbocycles. The quantitative estimate of drug-likeness (QED) is 0.659. The molecule has 0 aliphatic carbocycles. The van der Waals surface area contributed by atoms with Gasteiger partial charge in [0.05, 0.1) is 12.3 Å². The van der Waals surface area contributed by atoms with Crippen LogP contribution in [0.5, 0.6) is 0 Å².